The average molecular weight is 545 g/mol. The molecule has 0 bridgehead atoms. The van der Waals surface area contributed by atoms with Gasteiger partial charge in [-0.05, 0) is 25.3 Å². The highest BCUT2D eigenvalue weighted by molar-refractivity contribution is 6.30. The van der Waals surface area contributed by atoms with E-state index in [9.17, 15) is 9.59 Å². The Balaban J connectivity index is 1.37. The number of urea groups is 1. The molecule has 1 aliphatic rings. The summed E-state index contributed by atoms with van der Waals surface area (Å²) >= 11 is 6.13. The monoisotopic (exact) mass is 544 g/mol. The maximum absolute atomic E-state index is 13.0. The van der Waals surface area contributed by atoms with Crippen LogP contribution in [-0.4, -0.2) is 62.9 Å². The SMILES string of the molecule is CCCOCCC(=O)NCCOc1ncc(Cl)cc1NC(=O)Nc1cnc2ncnn2c1C1CCCCC1. The Morgan fingerprint density at radius 3 is 2.68 bits per heavy atom. The van der Waals surface area contributed by atoms with Crippen LogP contribution >= 0.6 is 11.6 Å². The van der Waals surface area contributed by atoms with E-state index in [0.717, 1.165) is 37.8 Å². The van der Waals surface area contributed by atoms with E-state index < -0.39 is 6.03 Å². The predicted octanol–water partition coefficient (Wildman–Crippen LogP) is 4.18. The fourth-order valence-electron chi connectivity index (χ4n) is 4.41. The molecule has 1 fully saturated rings. The lowest BCUT2D eigenvalue weighted by Gasteiger charge is -2.24. The van der Waals surface area contributed by atoms with Crippen LogP contribution in [0.1, 0.15) is 63.5 Å². The molecule has 13 heteroatoms. The van der Waals surface area contributed by atoms with Crippen LogP contribution in [-0.2, 0) is 9.53 Å². The summed E-state index contributed by atoms with van der Waals surface area (Å²) in [7, 11) is 0. The summed E-state index contributed by atoms with van der Waals surface area (Å²) < 4.78 is 12.7. The molecule has 204 valence electrons. The molecule has 38 heavy (non-hydrogen) atoms. The molecule has 0 saturated heterocycles. The summed E-state index contributed by atoms with van der Waals surface area (Å²) in [6, 6.07) is 1.05. The molecule has 0 aromatic carbocycles. The fourth-order valence-corrected chi connectivity index (χ4v) is 4.56. The smallest absolute Gasteiger partial charge is 0.323 e. The molecule has 0 atom stereocenters. The van der Waals surface area contributed by atoms with E-state index in [2.05, 4.69) is 36.0 Å². The normalized spacial score (nSPS) is 13.8. The molecule has 3 aromatic heterocycles. The Morgan fingerprint density at radius 1 is 1.05 bits per heavy atom. The first-order valence-corrected chi connectivity index (χ1v) is 13.3. The number of hydrogen-bond donors (Lipinski definition) is 3. The molecule has 3 N–H and O–H groups in total. The number of pyridine rings is 1. The fraction of sp³-hybridized carbons (Fsp3) is 0.520. The van der Waals surface area contributed by atoms with Crippen molar-refractivity contribution in [2.45, 2.75) is 57.8 Å². The average Bonchev–Trinajstić information content (AvgIpc) is 3.39. The number of ether oxygens (including phenoxy) is 2. The molecule has 3 amide bonds. The van der Waals surface area contributed by atoms with E-state index in [1.165, 1.54) is 18.9 Å². The number of nitrogens with one attached hydrogen (secondary N) is 3. The van der Waals surface area contributed by atoms with Crippen LogP contribution < -0.4 is 20.7 Å². The highest BCUT2D eigenvalue weighted by Gasteiger charge is 2.24. The second kappa shape index (κ2) is 13.9. The molecular weight excluding hydrogens is 512 g/mol. The molecule has 4 rings (SSSR count). The van der Waals surface area contributed by atoms with Crippen LogP contribution in [0.25, 0.3) is 5.78 Å². The van der Waals surface area contributed by atoms with Gasteiger partial charge in [0, 0.05) is 25.1 Å². The number of rotatable bonds is 12. The van der Waals surface area contributed by atoms with Gasteiger partial charge in [0.05, 0.1) is 35.8 Å². The van der Waals surface area contributed by atoms with Crippen molar-refractivity contribution in [1.29, 1.82) is 0 Å². The lowest BCUT2D eigenvalue weighted by Crippen LogP contribution is -2.29. The van der Waals surface area contributed by atoms with E-state index in [4.69, 9.17) is 21.1 Å². The Hall–Kier alpha value is -3.51. The van der Waals surface area contributed by atoms with Gasteiger partial charge in [-0.3, -0.25) is 4.79 Å². The van der Waals surface area contributed by atoms with Crippen molar-refractivity contribution in [2.75, 3.05) is 37.0 Å². The van der Waals surface area contributed by atoms with E-state index in [1.807, 2.05) is 6.92 Å². The van der Waals surface area contributed by atoms with Crippen LogP contribution in [0.5, 0.6) is 5.88 Å². The van der Waals surface area contributed by atoms with E-state index in [1.54, 1.807) is 16.8 Å². The molecule has 0 spiro atoms. The molecule has 0 unspecified atom stereocenters. The highest BCUT2D eigenvalue weighted by Crippen LogP contribution is 2.36. The molecule has 1 saturated carbocycles. The number of anilines is 2. The summed E-state index contributed by atoms with van der Waals surface area (Å²) in [4.78, 5) is 37.6. The lowest BCUT2D eigenvalue weighted by molar-refractivity contribution is -0.122. The quantitative estimate of drug-likeness (QED) is 0.288. The summed E-state index contributed by atoms with van der Waals surface area (Å²) in [6.45, 7) is 3.46. The van der Waals surface area contributed by atoms with Gasteiger partial charge in [-0.2, -0.15) is 14.6 Å². The maximum Gasteiger partial charge on any atom is 0.323 e. The zero-order valence-electron chi connectivity index (χ0n) is 21.4. The van der Waals surface area contributed by atoms with Crippen molar-refractivity contribution < 1.29 is 19.1 Å². The van der Waals surface area contributed by atoms with Gasteiger partial charge in [0.15, 0.2) is 0 Å². The van der Waals surface area contributed by atoms with Gasteiger partial charge >= 0.3 is 6.03 Å². The Labute approximate surface area is 225 Å². The molecule has 3 aromatic rings. The number of carbonyl (C=O) groups excluding carboxylic acids is 2. The number of carbonyl (C=O) groups is 2. The first-order valence-electron chi connectivity index (χ1n) is 12.9. The summed E-state index contributed by atoms with van der Waals surface area (Å²) in [5, 5.41) is 13.1. The summed E-state index contributed by atoms with van der Waals surface area (Å²) in [5.41, 5.74) is 1.75. The van der Waals surface area contributed by atoms with E-state index in [-0.39, 0.29) is 37.3 Å². The Bertz CT molecular complexity index is 1230. The summed E-state index contributed by atoms with van der Waals surface area (Å²) in [6.07, 6.45) is 11.1. The van der Waals surface area contributed by atoms with Gasteiger partial charge < -0.3 is 25.4 Å². The zero-order valence-corrected chi connectivity index (χ0v) is 22.2. The molecule has 0 radical (unpaired) electrons. The van der Waals surface area contributed by atoms with Crippen LogP contribution in [0.2, 0.25) is 5.02 Å². The van der Waals surface area contributed by atoms with Crippen LogP contribution in [0.4, 0.5) is 16.2 Å². The van der Waals surface area contributed by atoms with Gasteiger partial charge in [-0.15, -0.1) is 0 Å². The van der Waals surface area contributed by atoms with Crippen LogP contribution in [0, 0.1) is 0 Å². The third kappa shape index (κ3) is 7.51. The number of halogens is 1. The number of nitrogens with zero attached hydrogens (tertiary/aromatic N) is 5. The van der Waals surface area contributed by atoms with Crippen molar-refractivity contribution in [3.63, 3.8) is 0 Å². The lowest BCUT2D eigenvalue weighted by atomic mass is 9.86. The van der Waals surface area contributed by atoms with Gasteiger partial charge in [-0.1, -0.05) is 37.8 Å². The number of hydrogen-bond acceptors (Lipinski definition) is 8. The van der Waals surface area contributed by atoms with Gasteiger partial charge in [0.25, 0.3) is 5.78 Å². The Kier molecular flexibility index (Phi) is 10.0. The van der Waals surface area contributed by atoms with Crippen molar-refractivity contribution in [2.24, 2.45) is 0 Å². The van der Waals surface area contributed by atoms with Gasteiger partial charge in [0.2, 0.25) is 11.8 Å². The minimum absolute atomic E-state index is 0.127. The number of aromatic nitrogens is 5. The summed E-state index contributed by atoms with van der Waals surface area (Å²) in [5.74, 6) is 0.791. The van der Waals surface area contributed by atoms with E-state index in [0.29, 0.717) is 35.4 Å². The topological polar surface area (TPSA) is 145 Å². The minimum atomic E-state index is -0.502. The minimum Gasteiger partial charge on any atom is -0.474 e. The van der Waals surface area contributed by atoms with Crippen molar-refractivity contribution >= 4 is 40.7 Å². The predicted molar refractivity (Wildman–Crippen MR) is 143 cm³/mol. The van der Waals surface area contributed by atoms with Crippen LogP contribution in [0.3, 0.4) is 0 Å². The van der Waals surface area contributed by atoms with Crippen molar-refractivity contribution in [3.8, 4) is 5.88 Å². The molecule has 0 aliphatic heterocycles. The third-order valence-electron chi connectivity index (χ3n) is 6.13. The zero-order chi connectivity index (χ0) is 26.7. The van der Waals surface area contributed by atoms with E-state index >= 15 is 0 Å². The van der Waals surface area contributed by atoms with Gasteiger partial charge in [-0.25, -0.2) is 14.8 Å². The van der Waals surface area contributed by atoms with Crippen molar-refractivity contribution in [3.05, 3.63) is 35.5 Å². The van der Waals surface area contributed by atoms with Crippen molar-refractivity contribution in [1.82, 2.24) is 29.9 Å². The highest BCUT2D eigenvalue weighted by atomic mass is 35.5. The molecule has 3 heterocycles. The number of fused-ring (bicyclic) bond motifs is 1. The first-order chi connectivity index (χ1) is 18.5. The molecule has 1 aliphatic carbocycles. The van der Waals surface area contributed by atoms with Crippen LogP contribution in [0.15, 0.2) is 24.8 Å². The molecular formula is C25H33ClN8O4. The van der Waals surface area contributed by atoms with Gasteiger partial charge in [0.1, 0.15) is 18.6 Å². The maximum atomic E-state index is 13.0. The first kappa shape index (κ1) is 27.5. The standard InChI is InChI=1S/C25H33ClN8O4/c1-2-10-37-11-8-21(35)27-9-12-38-23-19(13-18(26)14-28-23)32-25(36)33-20-15-29-24-30-16-31-34(24)22(20)17-6-4-3-5-7-17/h13-17H,2-12H2,1H3,(H,27,35)(H2,32,33,36). The second-order valence-corrected chi connectivity index (χ2v) is 9.45. The Morgan fingerprint density at radius 2 is 1.87 bits per heavy atom. The third-order valence-corrected chi connectivity index (χ3v) is 6.34. The largest absolute Gasteiger partial charge is 0.474 e. The molecule has 12 nitrogen and oxygen atoms in total. The second-order valence-electron chi connectivity index (χ2n) is 9.01. The number of amides is 3.